The third-order valence-electron chi connectivity index (χ3n) is 3.42. The zero-order chi connectivity index (χ0) is 14.7. The SMILES string of the molecule is O=S(=O)(/N=C/N1CCOCC1)c1cccc2ccccc12. The van der Waals surface area contributed by atoms with Crippen molar-refractivity contribution in [1.29, 1.82) is 0 Å². The maximum absolute atomic E-state index is 12.4. The van der Waals surface area contributed by atoms with E-state index in [1.807, 2.05) is 29.2 Å². The van der Waals surface area contributed by atoms with Crippen LogP contribution >= 0.6 is 0 Å². The molecule has 0 atom stereocenters. The Hall–Kier alpha value is -1.92. The fourth-order valence-electron chi connectivity index (χ4n) is 2.30. The molecule has 1 fully saturated rings. The zero-order valence-electron chi connectivity index (χ0n) is 11.5. The Kier molecular flexibility index (Phi) is 3.90. The van der Waals surface area contributed by atoms with E-state index in [0.29, 0.717) is 31.7 Å². The summed E-state index contributed by atoms with van der Waals surface area (Å²) in [5, 5.41) is 1.58. The maximum atomic E-state index is 12.4. The van der Waals surface area contributed by atoms with Gasteiger partial charge in [0.1, 0.15) is 6.34 Å². The van der Waals surface area contributed by atoms with Gasteiger partial charge in [-0.15, -0.1) is 4.40 Å². The van der Waals surface area contributed by atoms with Gasteiger partial charge in [-0.2, -0.15) is 8.42 Å². The van der Waals surface area contributed by atoms with E-state index < -0.39 is 10.0 Å². The lowest BCUT2D eigenvalue weighted by Gasteiger charge is -2.23. The van der Waals surface area contributed by atoms with Crippen LogP contribution < -0.4 is 0 Å². The molecular weight excluding hydrogens is 288 g/mol. The lowest BCUT2D eigenvalue weighted by Crippen LogP contribution is -2.35. The van der Waals surface area contributed by atoms with Crippen molar-refractivity contribution in [2.75, 3.05) is 26.3 Å². The van der Waals surface area contributed by atoms with E-state index in [0.717, 1.165) is 5.39 Å². The van der Waals surface area contributed by atoms with Crippen molar-refractivity contribution in [2.24, 2.45) is 4.40 Å². The van der Waals surface area contributed by atoms with Crippen LogP contribution in [-0.2, 0) is 14.8 Å². The second kappa shape index (κ2) is 5.83. The zero-order valence-corrected chi connectivity index (χ0v) is 12.3. The summed E-state index contributed by atoms with van der Waals surface area (Å²) in [5.41, 5.74) is 0. The lowest BCUT2D eigenvalue weighted by molar-refractivity contribution is 0.0701. The maximum Gasteiger partial charge on any atom is 0.284 e. The molecule has 110 valence electrons. The van der Waals surface area contributed by atoms with Crippen LogP contribution in [0.15, 0.2) is 51.8 Å². The average molecular weight is 304 g/mol. The summed E-state index contributed by atoms with van der Waals surface area (Å²) in [5.74, 6) is 0. The number of fused-ring (bicyclic) bond motifs is 1. The van der Waals surface area contributed by atoms with Gasteiger partial charge in [-0.3, -0.25) is 0 Å². The molecule has 0 radical (unpaired) electrons. The Labute approximate surface area is 123 Å². The topological polar surface area (TPSA) is 59.0 Å². The second-order valence-corrected chi connectivity index (χ2v) is 6.42. The molecule has 3 rings (SSSR count). The van der Waals surface area contributed by atoms with Crippen molar-refractivity contribution in [2.45, 2.75) is 4.90 Å². The number of sulfonamides is 1. The standard InChI is InChI=1S/C15H16N2O3S/c18-21(19,16-12-17-8-10-20-11-9-17)15-7-3-5-13-4-1-2-6-14(13)15/h1-7,12H,8-11H2/b16-12+. The quantitative estimate of drug-likeness (QED) is 0.642. The molecule has 1 heterocycles. The Bertz CT molecular complexity index is 760. The molecule has 1 saturated heterocycles. The van der Waals surface area contributed by atoms with Gasteiger partial charge in [-0.25, -0.2) is 0 Å². The smallest absolute Gasteiger partial charge is 0.284 e. The van der Waals surface area contributed by atoms with Gasteiger partial charge in [0.2, 0.25) is 0 Å². The highest BCUT2D eigenvalue weighted by Crippen LogP contribution is 2.24. The predicted octanol–water partition coefficient (Wildman–Crippen LogP) is 1.89. The summed E-state index contributed by atoms with van der Waals surface area (Å²) in [6, 6.07) is 12.6. The van der Waals surface area contributed by atoms with Gasteiger partial charge in [-0.05, 0) is 11.5 Å². The van der Waals surface area contributed by atoms with Gasteiger partial charge in [0.15, 0.2) is 0 Å². The van der Waals surface area contributed by atoms with E-state index in [-0.39, 0.29) is 4.90 Å². The largest absolute Gasteiger partial charge is 0.378 e. The number of hydrogen-bond acceptors (Lipinski definition) is 3. The third-order valence-corrected chi connectivity index (χ3v) is 4.71. The summed E-state index contributed by atoms with van der Waals surface area (Å²) in [6.07, 6.45) is 1.40. The summed E-state index contributed by atoms with van der Waals surface area (Å²) < 4.78 is 33.9. The predicted molar refractivity (Wildman–Crippen MR) is 82.0 cm³/mol. The Morgan fingerprint density at radius 2 is 1.76 bits per heavy atom. The van der Waals surface area contributed by atoms with E-state index >= 15 is 0 Å². The summed E-state index contributed by atoms with van der Waals surface area (Å²) in [7, 11) is -3.70. The summed E-state index contributed by atoms with van der Waals surface area (Å²) in [6.45, 7) is 2.52. The van der Waals surface area contributed by atoms with E-state index in [4.69, 9.17) is 4.74 Å². The molecule has 0 amide bonds. The highest BCUT2D eigenvalue weighted by Gasteiger charge is 2.16. The van der Waals surface area contributed by atoms with Crippen LogP contribution in [-0.4, -0.2) is 46.0 Å². The molecule has 21 heavy (non-hydrogen) atoms. The number of hydrogen-bond donors (Lipinski definition) is 0. The number of morpholine rings is 1. The van der Waals surface area contributed by atoms with Crippen molar-refractivity contribution in [1.82, 2.24) is 4.90 Å². The fraction of sp³-hybridized carbons (Fsp3) is 0.267. The molecule has 0 unspecified atom stereocenters. The van der Waals surface area contributed by atoms with Gasteiger partial charge in [0.05, 0.1) is 18.1 Å². The number of benzene rings is 2. The van der Waals surface area contributed by atoms with Gasteiger partial charge >= 0.3 is 0 Å². The van der Waals surface area contributed by atoms with Crippen LogP contribution in [0.25, 0.3) is 10.8 Å². The molecule has 2 aromatic rings. The van der Waals surface area contributed by atoms with Gasteiger partial charge in [-0.1, -0.05) is 36.4 Å². The fourth-order valence-corrected chi connectivity index (χ4v) is 3.38. The van der Waals surface area contributed by atoms with E-state index in [2.05, 4.69) is 4.40 Å². The Morgan fingerprint density at radius 3 is 2.57 bits per heavy atom. The van der Waals surface area contributed by atoms with Crippen LogP contribution in [0, 0.1) is 0 Å². The second-order valence-electron chi connectivity index (χ2n) is 4.82. The molecule has 0 spiro atoms. The molecule has 0 bridgehead atoms. The van der Waals surface area contributed by atoms with Gasteiger partial charge < -0.3 is 9.64 Å². The minimum atomic E-state index is -3.70. The summed E-state index contributed by atoms with van der Waals surface area (Å²) >= 11 is 0. The molecule has 0 aliphatic carbocycles. The third kappa shape index (κ3) is 3.06. The molecule has 2 aromatic carbocycles. The first-order valence-electron chi connectivity index (χ1n) is 6.77. The minimum absolute atomic E-state index is 0.241. The Balaban J connectivity index is 1.94. The average Bonchev–Trinajstić information content (AvgIpc) is 2.53. The first-order chi connectivity index (χ1) is 10.2. The molecule has 1 aliphatic rings. The number of nitrogens with zero attached hydrogens (tertiary/aromatic N) is 2. The highest BCUT2D eigenvalue weighted by atomic mass is 32.2. The first-order valence-corrected chi connectivity index (χ1v) is 8.21. The molecule has 0 N–H and O–H groups in total. The highest BCUT2D eigenvalue weighted by molar-refractivity contribution is 7.90. The van der Waals surface area contributed by atoms with Crippen LogP contribution in [0.1, 0.15) is 0 Å². The van der Waals surface area contributed by atoms with Crippen molar-refractivity contribution in [3.63, 3.8) is 0 Å². The van der Waals surface area contributed by atoms with Crippen LogP contribution in [0.4, 0.5) is 0 Å². The van der Waals surface area contributed by atoms with E-state index in [1.54, 1.807) is 18.2 Å². The van der Waals surface area contributed by atoms with E-state index in [9.17, 15) is 8.42 Å². The molecule has 5 nitrogen and oxygen atoms in total. The molecular formula is C15H16N2O3S. The van der Waals surface area contributed by atoms with Crippen LogP contribution in [0.3, 0.4) is 0 Å². The van der Waals surface area contributed by atoms with Crippen LogP contribution in [0.2, 0.25) is 0 Å². The van der Waals surface area contributed by atoms with Gasteiger partial charge in [0, 0.05) is 18.5 Å². The van der Waals surface area contributed by atoms with Crippen molar-refractivity contribution < 1.29 is 13.2 Å². The van der Waals surface area contributed by atoms with E-state index in [1.165, 1.54) is 6.34 Å². The van der Waals surface area contributed by atoms with Crippen molar-refractivity contribution in [3.05, 3.63) is 42.5 Å². The molecule has 0 saturated carbocycles. The van der Waals surface area contributed by atoms with Crippen LogP contribution in [0.5, 0.6) is 0 Å². The molecule has 1 aliphatic heterocycles. The number of rotatable bonds is 3. The number of ether oxygens (including phenoxy) is 1. The molecule has 0 aromatic heterocycles. The monoisotopic (exact) mass is 304 g/mol. The van der Waals surface area contributed by atoms with Crippen molar-refractivity contribution in [3.8, 4) is 0 Å². The molecule has 6 heteroatoms. The first kappa shape index (κ1) is 14.0. The normalized spacial score (nSPS) is 16.7. The van der Waals surface area contributed by atoms with Crippen molar-refractivity contribution >= 4 is 27.1 Å². The lowest BCUT2D eigenvalue weighted by atomic mass is 10.1. The minimum Gasteiger partial charge on any atom is -0.378 e. The van der Waals surface area contributed by atoms with Gasteiger partial charge in [0.25, 0.3) is 10.0 Å². The Morgan fingerprint density at radius 1 is 1.05 bits per heavy atom. The summed E-state index contributed by atoms with van der Waals surface area (Å²) in [4.78, 5) is 2.09.